The smallest absolute Gasteiger partial charge is 0.223 e. The Morgan fingerprint density at radius 3 is 2.81 bits per heavy atom. The van der Waals surface area contributed by atoms with E-state index in [9.17, 15) is 4.79 Å². The summed E-state index contributed by atoms with van der Waals surface area (Å²) < 4.78 is 0. The van der Waals surface area contributed by atoms with Crippen molar-refractivity contribution in [1.82, 2.24) is 5.32 Å². The van der Waals surface area contributed by atoms with Gasteiger partial charge in [-0.3, -0.25) is 4.79 Å². The van der Waals surface area contributed by atoms with Crippen LogP contribution >= 0.6 is 0 Å². The van der Waals surface area contributed by atoms with E-state index in [-0.39, 0.29) is 17.9 Å². The average Bonchev–Trinajstić information content (AvgIpc) is 3.07. The Balaban J connectivity index is 1.85. The van der Waals surface area contributed by atoms with E-state index in [1.54, 1.807) is 0 Å². The van der Waals surface area contributed by atoms with Crippen LogP contribution in [0.5, 0.6) is 0 Å². The van der Waals surface area contributed by atoms with Gasteiger partial charge < -0.3 is 11.1 Å². The zero-order valence-electron chi connectivity index (χ0n) is 9.52. The molecule has 3 atom stereocenters. The van der Waals surface area contributed by atoms with Gasteiger partial charge >= 0.3 is 0 Å². The number of carbonyl (C=O) groups excluding carboxylic acids is 1. The van der Waals surface area contributed by atoms with E-state index >= 15 is 0 Å². The number of benzene rings is 1. The van der Waals surface area contributed by atoms with Gasteiger partial charge in [-0.25, -0.2) is 0 Å². The van der Waals surface area contributed by atoms with Gasteiger partial charge in [-0.1, -0.05) is 30.3 Å². The second-order valence-corrected chi connectivity index (χ2v) is 4.58. The van der Waals surface area contributed by atoms with Crippen molar-refractivity contribution in [3.05, 3.63) is 35.9 Å². The lowest BCUT2D eigenvalue weighted by Gasteiger charge is -2.07. The molecule has 3 heteroatoms. The van der Waals surface area contributed by atoms with Crippen molar-refractivity contribution < 1.29 is 4.79 Å². The van der Waals surface area contributed by atoms with Gasteiger partial charge in [-0.15, -0.1) is 0 Å². The Morgan fingerprint density at radius 2 is 2.19 bits per heavy atom. The van der Waals surface area contributed by atoms with Gasteiger partial charge in [-0.2, -0.15) is 0 Å². The molecule has 86 valence electrons. The van der Waals surface area contributed by atoms with Crippen LogP contribution in [0.4, 0.5) is 0 Å². The summed E-state index contributed by atoms with van der Waals surface area (Å²) in [4.78, 5) is 11.7. The molecule has 3 nitrogen and oxygen atoms in total. The molecule has 0 bridgehead atoms. The van der Waals surface area contributed by atoms with Crippen LogP contribution in [0.15, 0.2) is 30.3 Å². The Hall–Kier alpha value is -1.35. The maximum atomic E-state index is 11.7. The molecule has 0 spiro atoms. The number of nitrogens with one attached hydrogen (secondary N) is 1. The molecule has 3 N–H and O–H groups in total. The van der Waals surface area contributed by atoms with Crippen LogP contribution < -0.4 is 11.1 Å². The van der Waals surface area contributed by atoms with Crippen molar-refractivity contribution in [1.29, 1.82) is 0 Å². The van der Waals surface area contributed by atoms with Gasteiger partial charge in [0.15, 0.2) is 0 Å². The summed E-state index contributed by atoms with van der Waals surface area (Å²) in [6, 6.07) is 10.2. The van der Waals surface area contributed by atoms with E-state index in [2.05, 4.69) is 17.4 Å². The first-order chi connectivity index (χ1) is 7.68. The highest BCUT2D eigenvalue weighted by Gasteiger charge is 2.43. The average molecular weight is 218 g/mol. The van der Waals surface area contributed by atoms with Gasteiger partial charge in [0, 0.05) is 18.5 Å². The summed E-state index contributed by atoms with van der Waals surface area (Å²) in [5, 5.41) is 2.88. The number of carbonyl (C=O) groups is 1. The summed E-state index contributed by atoms with van der Waals surface area (Å²) in [5.41, 5.74) is 6.86. The van der Waals surface area contributed by atoms with Crippen LogP contribution in [0.2, 0.25) is 0 Å². The number of rotatable bonds is 4. The summed E-state index contributed by atoms with van der Waals surface area (Å²) >= 11 is 0. The summed E-state index contributed by atoms with van der Waals surface area (Å²) in [6.45, 7) is 2.46. The molecular formula is C13H18N2O. The Kier molecular flexibility index (Phi) is 3.25. The summed E-state index contributed by atoms with van der Waals surface area (Å²) in [6.07, 6.45) is 0.967. The molecule has 16 heavy (non-hydrogen) atoms. The third kappa shape index (κ3) is 2.61. The van der Waals surface area contributed by atoms with Gasteiger partial charge in [0.25, 0.3) is 0 Å². The topological polar surface area (TPSA) is 55.1 Å². The van der Waals surface area contributed by atoms with Gasteiger partial charge in [0.05, 0.1) is 0 Å². The third-order valence-corrected chi connectivity index (χ3v) is 2.95. The van der Waals surface area contributed by atoms with Crippen molar-refractivity contribution in [3.8, 4) is 0 Å². The van der Waals surface area contributed by atoms with Crippen LogP contribution in [-0.2, 0) is 4.79 Å². The highest BCUT2D eigenvalue weighted by atomic mass is 16.2. The van der Waals surface area contributed by atoms with Crippen LogP contribution in [0, 0.1) is 5.92 Å². The predicted molar refractivity (Wildman–Crippen MR) is 63.9 cm³/mol. The molecule has 1 aliphatic carbocycles. The van der Waals surface area contributed by atoms with Crippen LogP contribution in [0.3, 0.4) is 0 Å². The normalized spacial score (nSPS) is 24.9. The molecule has 1 saturated carbocycles. The van der Waals surface area contributed by atoms with E-state index in [4.69, 9.17) is 5.73 Å². The predicted octanol–water partition coefficient (Wildman–Crippen LogP) is 1.25. The molecule has 0 radical (unpaired) electrons. The Labute approximate surface area is 96.0 Å². The molecule has 1 aromatic carbocycles. The largest absolute Gasteiger partial charge is 0.354 e. The maximum Gasteiger partial charge on any atom is 0.223 e. The lowest BCUT2D eigenvalue weighted by atomic mass is 10.1. The lowest BCUT2D eigenvalue weighted by Crippen LogP contribution is -2.36. The first-order valence-electron chi connectivity index (χ1n) is 5.76. The second kappa shape index (κ2) is 4.66. The van der Waals surface area contributed by atoms with Crippen molar-refractivity contribution in [2.75, 3.05) is 6.54 Å². The standard InChI is InChI=1S/C13H18N2O/c1-9(14)8-15-13(16)12-7-11(12)10-5-3-2-4-6-10/h2-6,9,11-12H,7-8,14H2,1H3,(H,15,16). The SMILES string of the molecule is CC(N)CNC(=O)C1CC1c1ccccc1. The molecule has 3 unspecified atom stereocenters. The molecule has 0 aromatic heterocycles. The quantitative estimate of drug-likeness (QED) is 0.799. The molecule has 2 rings (SSSR count). The minimum absolute atomic E-state index is 0.0258. The summed E-state index contributed by atoms with van der Waals surface area (Å²) in [7, 11) is 0. The minimum Gasteiger partial charge on any atom is -0.354 e. The van der Waals surface area contributed by atoms with E-state index < -0.39 is 0 Å². The molecule has 0 saturated heterocycles. The molecule has 0 heterocycles. The van der Waals surface area contributed by atoms with Gasteiger partial charge in [0.2, 0.25) is 5.91 Å². The highest BCUT2D eigenvalue weighted by Crippen LogP contribution is 2.47. The number of nitrogens with two attached hydrogens (primary N) is 1. The van der Waals surface area contributed by atoms with Crippen LogP contribution in [-0.4, -0.2) is 18.5 Å². The molecular weight excluding hydrogens is 200 g/mol. The monoisotopic (exact) mass is 218 g/mol. The maximum absolute atomic E-state index is 11.7. The minimum atomic E-state index is 0.0258. The fraction of sp³-hybridized carbons (Fsp3) is 0.462. The van der Waals surface area contributed by atoms with Crippen molar-refractivity contribution in [2.45, 2.75) is 25.3 Å². The van der Waals surface area contributed by atoms with Gasteiger partial charge in [-0.05, 0) is 24.8 Å². The zero-order chi connectivity index (χ0) is 11.5. The molecule has 1 aliphatic rings. The van der Waals surface area contributed by atoms with E-state index in [1.165, 1.54) is 5.56 Å². The van der Waals surface area contributed by atoms with Gasteiger partial charge in [0.1, 0.15) is 0 Å². The van der Waals surface area contributed by atoms with E-state index in [0.29, 0.717) is 12.5 Å². The number of hydrogen-bond donors (Lipinski definition) is 2. The third-order valence-electron chi connectivity index (χ3n) is 2.95. The molecule has 1 fully saturated rings. The number of amides is 1. The van der Waals surface area contributed by atoms with Crippen LogP contribution in [0.1, 0.15) is 24.8 Å². The van der Waals surface area contributed by atoms with Crippen LogP contribution in [0.25, 0.3) is 0 Å². The van der Waals surface area contributed by atoms with Crippen molar-refractivity contribution in [2.24, 2.45) is 11.7 Å². The van der Waals surface area contributed by atoms with E-state index in [0.717, 1.165) is 6.42 Å². The second-order valence-electron chi connectivity index (χ2n) is 4.58. The fourth-order valence-corrected chi connectivity index (χ4v) is 1.95. The molecule has 0 aliphatic heterocycles. The molecule has 1 amide bonds. The Morgan fingerprint density at radius 1 is 1.50 bits per heavy atom. The van der Waals surface area contributed by atoms with Crippen molar-refractivity contribution in [3.63, 3.8) is 0 Å². The number of hydrogen-bond acceptors (Lipinski definition) is 2. The first-order valence-corrected chi connectivity index (χ1v) is 5.76. The fourth-order valence-electron chi connectivity index (χ4n) is 1.95. The first kappa shape index (κ1) is 11.1. The summed E-state index contributed by atoms with van der Waals surface area (Å²) in [5.74, 6) is 0.710. The Bertz CT molecular complexity index is 361. The van der Waals surface area contributed by atoms with E-state index in [1.807, 2.05) is 25.1 Å². The highest BCUT2D eigenvalue weighted by molar-refractivity contribution is 5.82. The zero-order valence-corrected chi connectivity index (χ0v) is 9.52. The lowest BCUT2D eigenvalue weighted by molar-refractivity contribution is -0.122. The van der Waals surface area contributed by atoms with Crippen molar-refractivity contribution >= 4 is 5.91 Å². The molecule has 1 aromatic rings.